The van der Waals surface area contributed by atoms with Crippen LogP contribution < -0.4 is 10.6 Å². The summed E-state index contributed by atoms with van der Waals surface area (Å²) in [6.45, 7) is 7.09. The predicted molar refractivity (Wildman–Crippen MR) is 83.2 cm³/mol. The van der Waals surface area contributed by atoms with Gasteiger partial charge < -0.3 is 10.6 Å². The second kappa shape index (κ2) is 9.14. The number of anilines is 1. The summed E-state index contributed by atoms with van der Waals surface area (Å²) in [5.41, 5.74) is 0. The minimum Gasteiger partial charge on any atom is -0.360 e. The van der Waals surface area contributed by atoms with Crippen LogP contribution in [0.4, 0.5) is 5.13 Å². The lowest BCUT2D eigenvalue weighted by Crippen LogP contribution is -2.32. The third-order valence-corrected chi connectivity index (χ3v) is 4.23. The normalized spacial score (nSPS) is 12.2. The van der Waals surface area contributed by atoms with Crippen molar-refractivity contribution in [2.24, 2.45) is 0 Å². The van der Waals surface area contributed by atoms with Gasteiger partial charge in [0.15, 0.2) is 0 Å². The zero-order valence-corrected chi connectivity index (χ0v) is 13.4. The van der Waals surface area contributed by atoms with E-state index in [0.29, 0.717) is 10.1 Å². The zero-order chi connectivity index (χ0) is 14.1. The molecule has 1 aromatic heterocycles. The van der Waals surface area contributed by atoms with Gasteiger partial charge in [-0.15, -0.1) is 10.2 Å². The number of amides is 1. The van der Waals surface area contributed by atoms with Gasteiger partial charge in [-0.2, -0.15) is 11.8 Å². The minimum atomic E-state index is -0.129. The van der Waals surface area contributed by atoms with Crippen molar-refractivity contribution >= 4 is 34.1 Å². The lowest BCUT2D eigenvalue weighted by Gasteiger charge is -2.11. The molecule has 0 saturated heterocycles. The number of carbonyl (C=O) groups is 1. The van der Waals surface area contributed by atoms with E-state index in [1.54, 1.807) is 0 Å². The van der Waals surface area contributed by atoms with E-state index in [0.717, 1.165) is 30.9 Å². The average Bonchev–Trinajstić information content (AvgIpc) is 2.85. The molecule has 0 aliphatic carbocycles. The van der Waals surface area contributed by atoms with Crippen molar-refractivity contribution < 1.29 is 4.79 Å². The van der Waals surface area contributed by atoms with E-state index in [9.17, 15) is 4.79 Å². The predicted octanol–water partition coefficient (Wildman–Crippen LogP) is 2.62. The Balaban J connectivity index is 2.37. The van der Waals surface area contributed by atoms with Gasteiger partial charge in [0.25, 0.3) is 5.91 Å². The molecule has 1 aromatic rings. The zero-order valence-electron chi connectivity index (χ0n) is 11.7. The highest BCUT2D eigenvalue weighted by Gasteiger charge is 2.14. The van der Waals surface area contributed by atoms with Gasteiger partial charge in [0.2, 0.25) is 10.1 Å². The Kier molecular flexibility index (Phi) is 7.81. The van der Waals surface area contributed by atoms with Crippen LogP contribution in [0.25, 0.3) is 0 Å². The molecule has 1 heterocycles. The standard InChI is InChI=1S/C12H22N4OS2/c1-4-7-13-12-16-15-11(19-12)10(17)14-9(3)6-8-18-5-2/h9H,4-8H2,1-3H3,(H,13,16)(H,14,17). The maximum absolute atomic E-state index is 11.9. The first-order valence-corrected chi connectivity index (χ1v) is 8.60. The quantitative estimate of drug-likeness (QED) is 0.686. The van der Waals surface area contributed by atoms with Crippen molar-refractivity contribution in [3.63, 3.8) is 0 Å². The third kappa shape index (κ3) is 6.24. The fourth-order valence-electron chi connectivity index (χ4n) is 1.38. The Bertz CT molecular complexity index is 384. The summed E-state index contributed by atoms with van der Waals surface area (Å²) in [4.78, 5) is 11.9. The van der Waals surface area contributed by atoms with Crippen molar-refractivity contribution in [2.45, 2.75) is 39.7 Å². The SMILES string of the molecule is CCCNc1nnc(C(=O)NC(C)CCSCC)s1. The highest BCUT2D eigenvalue weighted by Crippen LogP contribution is 2.15. The molecular formula is C12H22N4OS2. The van der Waals surface area contributed by atoms with Crippen LogP contribution in [-0.2, 0) is 0 Å². The Morgan fingerprint density at radius 2 is 2.21 bits per heavy atom. The molecule has 5 nitrogen and oxygen atoms in total. The molecule has 0 aliphatic rings. The lowest BCUT2D eigenvalue weighted by molar-refractivity contribution is 0.0938. The van der Waals surface area contributed by atoms with Gasteiger partial charge in [-0.3, -0.25) is 4.79 Å². The van der Waals surface area contributed by atoms with E-state index in [2.05, 4.69) is 34.7 Å². The number of thioether (sulfide) groups is 1. The largest absolute Gasteiger partial charge is 0.360 e. The Morgan fingerprint density at radius 3 is 2.89 bits per heavy atom. The summed E-state index contributed by atoms with van der Waals surface area (Å²) in [7, 11) is 0. The van der Waals surface area contributed by atoms with Crippen molar-refractivity contribution in [2.75, 3.05) is 23.4 Å². The fourth-order valence-corrected chi connectivity index (χ4v) is 2.86. The molecule has 108 valence electrons. The maximum atomic E-state index is 11.9. The number of nitrogens with zero attached hydrogens (tertiary/aromatic N) is 2. The smallest absolute Gasteiger partial charge is 0.282 e. The summed E-state index contributed by atoms with van der Waals surface area (Å²) in [6.07, 6.45) is 2.00. The highest BCUT2D eigenvalue weighted by atomic mass is 32.2. The first-order valence-electron chi connectivity index (χ1n) is 6.63. The average molecular weight is 302 g/mol. The minimum absolute atomic E-state index is 0.129. The summed E-state index contributed by atoms with van der Waals surface area (Å²) in [6, 6.07) is 0.169. The van der Waals surface area contributed by atoms with Crippen LogP contribution in [0.1, 0.15) is 43.4 Å². The fraction of sp³-hybridized carbons (Fsp3) is 0.750. The van der Waals surface area contributed by atoms with Crippen LogP contribution in [0.2, 0.25) is 0 Å². The number of nitrogens with one attached hydrogen (secondary N) is 2. The second-order valence-corrected chi connectivity index (χ2v) is 6.57. The molecule has 19 heavy (non-hydrogen) atoms. The Labute approximate surface area is 123 Å². The number of rotatable bonds is 9. The van der Waals surface area contributed by atoms with E-state index in [1.165, 1.54) is 11.3 Å². The lowest BCUT2D eigenvalue weighted by atomic mass is 10.2. The van der Waals surface area contributed by atoms with Crippen molar-refractivity contribution in [1.82, 2.24) is 15.5 Å². The highest BCUT2D eigenvalue weighted by molar-refractivity contribution is 7.99. The molecule has 0 spiro atoms. The molecule has 1 atom stereocenters. The summed E-state index contributed by atoms with van der Waals surface area (Å²) < 4.78 is 0. The molecule has 0 aromatic carbocycles. The maximum Gasteiger partial charge on any atom is 0.282 e. The molecule has 7 heteroatoms. The van der Waals surface area contributed by atoms with Crippen LogP contribution in [0, 0.1) is 0 Å². The van der Waals surface area contributed by atoms with Crippen LogP contribution in [0.3, 0.4) is 0 Å². The van der Waals surface area contributed by atoms with E-state index < -0.39 is 0 Å². The first-order chi connectivity index (χ1) is 9.17. The molecule has 0 radical (unpaired) electrons. The van der Waals surface area contributed by atoms with Crippen LogP contribution in [-0.4, -0.2) is 40.2 Å². The topological polar surface area (TPSA) is 66.9 Å². The molecule has 0 aliphatic heterocycles. The van der Waals surface area contributed by atoms with Gasteiger partial charge >= 0.3 is 0 Å². The van der Waals surface area contributed by atoms with E-state index in [1.807, 2.05) is 18.7 Å². The first kappa shape index (κ1) is 16.2. The van der Waals surface area contributed by atoms with E-state index in [4.69, 9.17) is 0 Å². The second-order valence-electron chi connectivity index (χ2n) is 4.20. The molecule has 1 unspecified atom stereocenters. The van der Waals surface area contributed by atoms with Crippen molar-refractivity contribution in [3.8, 4) is 0 Å². The molecule has 0 fully saturated rings. The molecular weight excluding hydrogens is 280 g/mol. The molecule has 2 N–H and O–H groups in total. The van der Waals surface area contributed by atoms with Gasteiger partial charge in [0.1, 0.15) is 0 Å². The van der Waals surface area contributed by atoms with Gasteiger partial charge in [-0.05, 0) is 31.3 Å². The molecule has 1 amide bonds. The molecule has 0 saturated carbocycles. The summed E-state index contributed by atoms with van der Waals surface area (Å²) >= 11 is 3.19. The van der Waals surface area contributed by atoms with Gasteiger partial charge in [0.05, 0.1) is 0 Å². The van der Waals surface area contributed by atoms with Crippen molar-refractivity contribution in [1.29, 1.82) is 0 Å². The summed E-state index contributed by atoms with van der Waals surface area (Å²) in [5.74, 6) is 2.05. The summed E-state index contributed by atoms with van der Waals surface area (Å²) in [5, 5.41) is 15.1. The van der Waals surface area contributed by atoms with Crippen LogP contribution in [0.5, 0.6) is 0 Å². The Morgan fingerprint density at radius 1 is 1.42 bits per heavy atom. The van der Waals surface area contributed by atoms with E-state index in [-0.39, 0.29) is 11.9 Å². The van der Waals surface area contributed by atoms with E-state index >= 15 is 0 Å². The van der Waals surface area contributed by atoms with Crippen LogP contribution in [0.15, 0.2) is 0 Å². The number of carbonyl (C=O) groups excluding carboxylic acids is 1. The van der Waals surface area contributed by atoms with Gasteiger partial charge in [-0.1, -0.05) is 25.2 Å². The molecule has 0 bridgehead atoms. The number of hydrogen-bond donors (Lipinski definition) is 2. The van der Waals surface area contributed by atoms with Crippen molar-refractivity contribution in [3.05, 3.63) is 5.01 Å². The third-order valence-electron chi connectivity index (χ3n) is 2.42. The molecule has 1 rings (SSSR count). The monoisotopic (exact) mass is 302 g/mol. The van der Waals surface area contributed by atoms with Gasteiger partial charge in [-0.25, -0.2) is 0 Å². The Hall–Kier alpha value is -0.820. The van der Waals surface area contributed by atoms with Gasteiger partial charge in [0, 0.05) is 12.6 Å². The number of aromatic nitrogens is 2. The van der Waals surface area contributed by atoms with Crippen LogP contribution >= 0.6 is 23.1 Å². The number of hydrogen-bond acceptors (Lipinski definition) is 6.